The molecular formula is C17H23ClN2S. The highest BCUT2D eigenvalue weighted by Gasteiger charge is 2.35. The van der Waals surface area contributed by atoms with Gasteiger partial charge in [0.25, 0.3) is 0 Å². The van der Waals surface area contributed by atoms with Crippen molar-refractivity contribution in [1.82, 2.24) is 10.2 Å². The first-order valence-corrected chi connectivity index (χ1v) is 8.86. The second-order valence-electron chi connectivity index (χ2n) is 6.26. The molecule has 0 spiro atoms. The minimum Gasteiger partial charge on any atom is -0.310 e. The molecule has 1 N–H and O–H groups in total. The molecule has 0 amide bonds. The molecule has 3 rings (SSSR count). The fourth-order valence-corrected chi connectivity index (χ4v) is 4.87. The topological polar surface area (TPSA) is 15.3 Å². The number of likely N-dealkylation sites (N-methyl/N-ethyl adjacent to an activating group) is 1. The first-order valence-electron chi connectivity index (χ1n) is 7.66. The summed E-state index contributed by atoms with van der Waals surface area (Å²) in [6.45, 7) is 1.92. The van der Waals surface area contributed by atoms with Gasteiger partial charge in [-0.25, -0.2) is 0 Å². The fraction of sp³-hybridized carbons (Fsp3) is 0.529. The molecule has 2 aromatic rings. The first kappa shape index (κ1) is 15.3. The van der Waals surface area contributed by atoms with Crippen LogP contribution in [0.3, 0.4) is 0 Å². The molecule has 0 atom stereocenters. The van der Waals surface area contributed by atoms with Crippen LogP contribution >= 0.6 is 22.9 Å². The molecule has 0 radical (unpaired) electrons. The molecule has 21 heavy (non-hydrogen) atoms. The summed E-state index contributed by atoms with van der Waals surface area (Å²) in [5.74, 6) is 0. The van der Waals surface area contributed by atoms with E-state index in [1.165, 1.54) is 40.6 Å². The number of thiophene rings is 1. The van der Waals surface area contributed by atoms with Gasteiger partial charge in [0.05, 0.1) is 5.02 Å². The number of fused-ring (bicyclic) bond motifs is 1. The van der Waals surface area contributed by atoms with Gasteiger partial charge in [-0.2, -0.15) is 0 Å². The summed E-state index contributed by atoms with van der Waals surface area (Å²) in [6.07, 6.45) is 5.30. The van der Waals surface area contributed by atoms with E-state index < -0.39 is 0 Å². The zero-order chi connectivity index (χ0) is 14.9. The lowest BCUT2D eigenvalue weighted by Crippen LogP contribution is -2.49. The SMILES string of the molecule is CN(C)C1(CNCc2sc3ccccc3c2Cl)CCCC1. The van der Waals surface area contributed by atoms with E-state index in [4.69, 9.17) is 11.6 Å². The third kappa shape index (κ3) is 2.98. The Labute approximate surface area is 136 Å². The highest BCUT2D eigenvalue weighted by Crippen LogP contribution is 2.36. The number of hydrogen-bond acceptors (Lipinski definition) is 3. The predicted molar refractivity (Wildman–Crippen MR) is 93.4 cm³/mol. The van der Waals surface area contributed by atoms with Crippen LogP contribution in [0.15, 0.2) is 24.3 Å². The molecule has 0 aliphatic heterocycles. The molecule has 1 aliphatic carbocycles. The molecule has 114 valence electrons. The first-order chi connectivity index (χ1) is 10.1. The van der Waals surface area contributed by atoms with E-state index in [1.54, 1.807) is 11.3 Å². The van der Waals surface area contributed by atoms with Crippen molar-refractivity contribution in [1.29, 1.82) is 0 Å². The summed E-state index contributed by atoms with van der Waals surface area (Å²) in [5, 5.41) is 5.76. The summed E-state index contributed by atoms with van der Waals surface area (Å²) in [4.78, 5) is 3.66. The molecule has 2 nitrogen and oxygen atoms in total. The highest BCUT2D eigenvalue weighted by molar-refractivity contribution is 7.19. The van der Waals surface area contributed by atoms with Gasteiger partial charge in [0, 0.05) is 33.6 Å². The van der Waals surface area contributed by atoms with Gasteiger partial charge in [0.2, 0.25) is 0 Å². The van der Waals surface area contributed by atoms with Crippen molar-refractivity contribution in [2.75, 3.05) is 20.6 Å². The van der Waals surface area contributed by atoms with E-state index in [0.717, 1.165) is 18.1 Å². The van der Waals surface area contributed by atoms with Gasteiger partial charge in [-0.05, 0) is 33.0 Å². The van der Waals surface area contributed by atoms with Crippen molar-refractivity contribution >= 4 is 33.0 Å². The number of rotatable bonds is 5. The summed E-state index contributed by atoms with van der Waals surface area (Å²) in [5.41, 5.74) is 0.336. The van der Waals surface area contributed by atoms with Crippen LogP contribution < -0.4 is 5.32 Å². The molecule has 1 fully saturated rings. The molecule has 1 aromatic carbocycles. The van der Waals surface area contributed by atoms with Gasteiger partial charge in [-0.15, -0.1) is 11.3 Å². The zero-order valence-electron chi connectivity index (χ0n) is 12.8. The average molecular weight is 323 g/mol. The monoisotopic (exact) mass is 322 g/mol. The van der Waals surface area contributed by atoms with Crippen molar-refractivity contribution in [3.05, 3.63) is 34.2 Å². The molecule has 0 unspecified atom stereocenters. The Morgan fingerprint density at radius 1 is 1.24 bits per heavy atom. The largest absolute Gasteiger partial charge is 0.310 e. The molecule has 1 heterocycles. The normalized spacial score (nSPS) is 17.9. The molecule has 1 saturated carbocycles. The minimum absolute atomic E-state index is 0.336. The Bertz CT molecular complexity index is 614. The highest BCUT2D eigenvalue weighted by atomic mass is 35.5. The predicted octanol–water partition coefficient (Wildman–Crippen LogP) is 4.52. The lowest BCUT2D eigenvalue weighted by Gasteiger charge is -2.36. The maximum atomic E-state index is 6.51. The summed E-state index contributed by atoms with van der Waals surface area (Å²) in [7, 11) is 4.42. The zero-order valence-corrected chi connectivity index (χ0v) is 14.4. The molecular weight excluding hydrogens is 300 g/mol. The third-order valence-corrected chi connectivity index (χ3v) is 6.54. The summed E-state index contributed by atoms with van der Waals surface area (Å²) >= 11 is 8.32. The van der Waals surface area contributed by atoms with Crippen molar-refractivity contribution in [2.45, 2.75) is 37.8 Å². The lowest BCUT2D eigenvalue weighted by molar-refractivity contribution is 0.154. The standard InChI is InChI=1S/C17H23ClN2S/c1-20(2)17(9-5-6-10-17)12-19-11-15-16(18)13-7-3-4-8-14(13)21-15/h3-4,7-8,19H,5-6,9-12H2,1-2H3. The van der Waals surface area contributed by atoms with E-state index in [-0.39, 0.29) is 0 Å². The number of halogens is 1. The Hall–Kier alpha value is -0.610. The minimum atomic E-state index is 0.336. The second kappa shape index (κ2) is 6.25. The van der Waals surface area contributed by atoms with Crippen LogP contribution in [-0.4, -0.2) is 31.1 Å². The molecule has 0 saturated heterocycles. The number of benzene rings is 1. The van der Waals surface area contributed by atoms with E-state index in [9.17, 15) is 0 Å². The van der Waals surface area contributed by atoms with E-state index in [0.29, 0.717) is 5.54 Å². The van der Waals surface area contributed by atoms with Crippen LogP contribution in [0.2, 0.25) is 5.02 Å². The van der Waals surface area contributed by atoms with E-state index in [2.05, 4.69) is 48.6 Å². The van der Waals surface area contributed by atoms with E-state index in [1.807, 2.05) is 0 Å². The molecule has 1 aromatic heterocycles. The van der Waals surface area contributed by atoms with Crippen LogP contribution in [0.4, 0.5) is 0 Å². The van der Waals surface area contributed by atoms with Gasteiger partial charge in [0.1, 0.15) is 0 Å². The Balaban J connectivity index is 1.68. The fourth-order valence-electron chi connectivity index (χ4n) is 3.40. The van der Waals surface area contributed by atoms with Gasteiger partial charge in [-0.3, -0.25) is 0 Å². The van der Waals surface area contributed by atoms with Crippen molar-refractivity contribution in [3.63, 3.8) is 0 Å². The number of nitrogens with zero attached hydrogens (tertiary/aromatic N) is 1. The third-order valence-electron chi connectivity index (χ3n) is 4.82. The summed E-state index contributed by atoms with van der Waals surface area (Å²) in [6, 6.07) is 8.38. The van der Waals surface area contributed by atoms with Crippen LogP contribution in [0, 0.1) is 0 Å². The van der Waals surface area contributed by atoms with Crippen LogP contribution in [0.1, 0.15) is 30.6 Å². The Morgan fingerprint density at radius 3 is 2.62 bits per heavy atom. The van der Waals surface area contributed by atoms with Crippen LogP contribution in [0.25, 0.3) is 10.1 Å². The van der Waals surface area contributed by atoms with Crippen molar-refractivity contribution in [3.8, 4) is 0 Å². The Morgan fingerprint density at radius 2 is 1.95 bits per heavy atom. The van der Waals surface area contributed by atoms with Gasteiger partial charge in [0.15, 0.2) is 0 Å². The smallest absolute Gasteiger partial charge is 0.0636 e. The van der Waals surface area contributed by atoms with Gasteiger partial charge >= 0.3 is 0 Å². The van der Waals surface area contributed by atoms with Gasteiger partial charge in [-0.1, -0.05) is 42.6 Å². The molecule has 1 aliphatic rings. The van der Waals surface area contributed by atoms with Crippen LogP contribution in [0.5, 0.6) is 0 Å². The van der Waals surface area contributed by atoms with Crippen molar-refractivity contribution in [2.24, 2.45) is 0 Å². The Kier molecular flexibility index (Phi) is 4.55. The average Bonchev–Trinajstić information content (AvgIpc) is 3.07. The lowest BCUT2D eigenvalue weighted by atomic mass is 9.96. The summed E-state index contributed by atoms with van der Waals surface area (Å²) < 4.78 is 1.28. The second-order valence-corrected chi connectivity index (χ2v) is 7.78. The van der Waals surface area contributed by atoms with Gasteiger partial charge < -0.3 is 10.2 Å². The van der Waals surface area contributed by atoms with Crippen molar-refractivity contribution < 1.29 is 0 Å². The van der Waals surface area contributed by atoms with E-state index >= 15 is 0 Å². The maximum absolute atomic E-state index is 6.51. The van der Waals surface area contributed by atoms with Crippen LogP contribution in [-0.2, 0) is 6.54 Å². The number of nitrogens with one attached hydrogen (secondary N) is 1. The quantitative estimate of drug-likeness (QED) is 0.870. The molecule has 0 bridgehead atoms. The maximum Gasteiger partial charge on any atom is 0.0636 e. The molecule has 4 heteroatoms. The number of hydrogen-bond donors (Lipinski definition) is 1.